The van der Waals surface area contributed by atoms with E-state index in [4.69, 9.17) is 10.00 Å². The zero-order valence-electron chi connectivity index (χ0n) is 13.2. The van der Waals surface area contributed by atoms with Gasteiger partial charge in [0.2, 0.25) is 0 Å². The largest absolute Gasteiger partial charge is 0.466 e. The maximum atomic E-state index is 12.6. The summed E-state index contributed by atoms with van der Waals surface area (Å²) in [4.78, 5) is 25.0. The van der Waals surface area contributed by atoms with E-state index in [1.54, 1.807) is 30.3 Å². The number of benzene rings is 2. The van der Waals surface area contributed by atoms with E-state index in [1.165, 1.54) is 13.0 Å². The molecule has 0 aliphatic carbocycles. The Bertz CT molecular complexity index is 885. The second-order valence-corrected chi connectivity index (χ2v) is 5.74. The molecule has 0 aromatic heterocycles. The number of fused-ring (bicyclic) bond motifs is 1. The van der Waals surface area contributed by atoms with Crippen LogP contribution in [0.4, 0.5) is 11.4 Å². The van der Waals surface area contributed by atoms with Gasteiger partial charge in [0.25, 0.3) is 17.4 Å². The van der Waals surface area contributed by atoms with Crippen LogP contribution in [0.15, 0.2) is 42.5 Å². The van der Waals surface area contributed by atoms with E-state index in [0.29, 0.717) is 22.7 Å². The van der Waals surface area contributed by atoms with Crippen molar-refractivity contribution in [1.82, 2.24) is 0 Å². The van der Waals surface area contributed by atoms with Crippen molar-refractivity contribution in [2.45, 2.75) is 19.4 Å². The van der Waals surface area contributed by atoms with Gasteiger partial charge in [-0.05, 0) is 49.7 Å². The number of anilines is 2. The fourth-order valence-corrected chi connectivity index (χ4v) is 2.40. The van der Waals surface area contributed by atoms with Crippen LogP contribution in [-0.2, 0) is 9.59 Å². The van der Waals surface area contributed by atoms with E-state index in [-0.39, 0.29) is 0 Å². The molecule has 1 heterocycles. The maximum Gasteiger partial charge on any atom is 0.278 e. The van der Waals surface area contributed by atoms with Crippen molar-refractivity contribution < 1.29 is 14.3 Å². The molecule has 120 valence electrons. The van der Waals surface area contributed by atoms with Gasteiger partial charge in [-0.3, -0.25) is 9.59 Å². The van der Waals surface area contributed by atoms with Crippen molar-refractivity contribution in [2.24, 2.45) is 0 Å². The van der Waals surface area contributed by atoms with Crippen LogP contribution in [-0.4, -0.2) is 17.4 Å². The number of nitriles is 1. The van der Waals surface area contributed by atoms with Crippen molar-refractivity contribution >= 4 is 23.2 Å². The number of carbonyl (C=O) groups is 2. The van der Waals surface area contributed by atoms with Gasteiger partial charge in [-0.1, -0.05) is 12.1 Å². The third-order valence-electron chi connectivity index (χ3n) is 3.81. The summed E-state index contributed by atoms with van der Waals surface area (Å²) < 4.78 is 5.69. The van der Waals surface area contributed by atoms with E-state index >= 15 is 0 Å². The van der Waals surface area contributed by atoms with Gasteiger partial charge in [0, 0.05) is 5.69 Å². The van der Waals surface area contributed by atoms with Crippen molar-refractivity contribution in [3.63, 3.8) is 0 Å². The highest BCUT2D eigenvalue weighted by Crippen LogP contribution is 2.34. The normalized spacial score (nSPS) is 18.6. The first-order valence-corrected chi connectivity index (χ1v) is 7.35. The Hall–Kier alpha value is -3.33. The number of ether oxygens (including phenoxy) is 1. The zero-order valence-corrected chi connectivity index (χ0v) is 13.2. The molecule has 0 saturated heterocycles. The number of hydrogen-bond donors (Lipinski definition) is 2. The Kier molecular flexibility index (Phi) is 3.70. The van der Waals surface area contributed by atoms with Crippen molar-refractivity contribution in [2.75, 3.05) is 10.6 Å². The summed E-state index contributed by atoms with van der Waals surface area (Å²) in [6.07, 6.45) is 0. The van der Waals surface area contributed by atoms with Crippen LogP contribution in [0, 0.1) is 18.3 Å². The molecule has 2 aromatic carbocycles. The van der Waals surface area contributed by atoms with E-state index in [1.807, 2.05) is 19.1 Å². The summed E-state index contributed by atoms with van der Waals surface area (Å²) in [5.41, 5.74) is 0.639. The number of carbonyl (C=O) groups excluding carboxylic acids is 2. The fraction of sp³-hybridized carbons (Fsp3) is 0.167. The second kappa shape index (κ2) is 5.70. The zero-order chi connectivity index (χ0) is 17.3. The third kappa shape index (κ3) is 2.68. The Morgan fingerprint density at radius 3 is 2.83 bits per heavy atom. The maximum absolute atomic E-state index is 12.6. The molecule has 2 aromatic rings. The first-order chi connectivity index (χ1) is 11.4. The molecule has 0 radical (unpaired) electrons. The standard InChI is InChI=1S/C18H15N3O3/c1-11-6-7-15-14(8-11)21-17(23)18(2,24-15)16(22)20-13-5-3-4-12(9-13)10-19/h3-9H,1-2H3,(H,20,22)(H,21,23). The molecule has 2 amide bonds. The predicted octanol–water partition coefficient (Wildman–Crippen LogP) is 2.60. The molecular weight excluding hydrogens is 306 g/mol. The van der Waals surface area contributed by atoms with Gasteiger partial charge in [0.15, 0.2) is 0 Å². The lowest BCUT2D eigenvalue weighted by Gasteiger charge is -2.33. The van der Waals surface area contributed by atoms with Crippen LogP contribution in [0.5, 0.6) is 5.75 Å². The van der Waals surface area contributed by atoms with Gasteiger partial charge in [-0.15, -0.1) is 0 Å². The van der Waals surface area contributed by atoms with Crippen LogP contribution >= 0.6 is 0 Å². The summed E-state index contributed by atoms with van der Waals surface area (Å²) in [5, 5.41) is 14.2. The molecule has 2 N–H and O–H groups in total. The average molecular weight is 321 g/mol. The Morgan fingerprint density at radius 2 is 2.08 bits per heavy atom. The van der Waals surface area contributed by atoms with E-state index < -0.39 is 17.4 Å². The smallest absolute Gasteiger partial charge is 0.278 e. The van der Waals surface area contributed by atoms with E-state index in [9.17, 15) is 9.59 Å². The monoisotopic (exact) mass is 321 g/mol. The van der Waals surface area contributed by atoms with Crippen LogP contribution < -0.4 is 15.4 Å². The van der Waals surface area contributed by atoms with Crippen LogP contribution in [0.3, 0.4) is 0 Å². The SMILES string of the molecule is Cc1ccc2c(c1)NC(=O)C(C)(C(=O)Nc1cccc(C#N)c1)O2. The summed E-state index contributed by atoms with van der Waals surface area (Å²) in [6.45, 7) is 3.31. The van der Waals surface area contributed by atoms with Gasteiger partial charge < -0.3 is 15.4 Å². The topological polar surface area (TPSA) is 91.2 Å². The minimum atomic E-state index is -1.70. The van der Waals surface area contributed by atoms with Gasteiger partial charge in [-0.25, -0.2) is 0 Å². The molecule has 1 aliphatic rings. The average Bonchev–Trinajstić information content (AvgIpc) is 2.56. The van der Waals surface area contributed by atoms with Gasteiger partial charge in [0.05, 0.1) is 17.3 Å². The number of aryl methyl sites for hydroxylation is 1. The van der Waals surface area contributed by atoms with Crippen molar-refractivity contribution in [3.05, 3.63) is 53.6 Å². The number of nitrogens with one attached hydrogen (secondary N) is 2. The number of amides is 2. The summed E-state index contributed by atoms with van der Waals surface area (Å²) in [6, 6.07) is 13.8. The lowest BCUT2D eigenvalue weighted by molar-refractivity contribution is -0.143. The molecular formula is C18H15N3O3. The van der Waals surface area contributed by atoms with Gasteiger partial charge >= 0.3 is 0 Å². The number of hydrogen-bond acceptors (Lipinski definition) is 4. The van der Waals surface area contributed by atoms with E-state index in [0.717, 1.165) is 5.56 Å². The Labute approximate surface area is 139 Å². The van der Waals surface area contributed by atoms with Crippen LogP contribution in [0.25, 0.3) is 0 Å². The number of nitrogens with zero attached hydrogens (tertiary/aromatic N) is 1. The van der Waals surface area contributed by atoms with E-state index in [2.05, 4.69) is 10.6 Å². The molecule has 0 spiro atoms. The highest BCUT2D eigenvalue weighted by atomic mass is 16.5. The highest BCUT2D eigenvalue weighted by Gasteiger charge is 2.47. The van der Waals surface area contributed by atoms with Gasteiger partial charge in [0.1, 0.15) is 5.75 Å². The first-order valence-electron chi connectivity index (χ1n) is 7.35. The molecule has 1 aliphatic heterocycles. The fourth-order valence-electron chi connectivity index (χ4n) is 2.40. The van der Waals surface area contributed by atoms with Crippen LogP contribution in [0.2, 0.25) is 0 Å². The van der Waals surface area contributed by atoms with Crippen LogP contribution in [0.1, 0.15) is 18.1 Å². The molecule has 0 saturated carbocycles. The second-order valence-electron chi connectivity index (χ2n) is 5.74. The van der Waals surface area contributed by atoms with Gasteiger partial charge in [-0.2, -0.15) is 5.26 Å². The quantitative estimate of drug-likeness (QED) is 0.832. The summed E-state index contributed by atoms with van der Waals surface area (Å²) in [7, 11) is 0. The molecule has 3 rings (SSSR count). The minimum absolute atomic E-state index is 0.410. The summed E-state index contributed by atoms with van der Waals surface area (Å²) in [5.74, 6) is -0.723. The lowest BCUT2D eigenvalue weighted by atomic mass is 10.0. The predicted molar refractivity (Wildman–Crippen MR) is 88.6 cm³/mol. The first kappa shape index (κ1) is 15.6. The highest BCUT2D eigenvalue weighted by molar-refractivity contribution is 6.19. The molecule has 6 nitrogen and oxygen atoms in total. The third-order valence-corrected chi connectivity index (χ3v) is 3.81. The van der Waals surface area contributed by atoms with Crippen molar-refractivity contribution in [1.29, 1.82) is 5.26 Å². The summed E-state index contributed by atoms with van der Waals surface area (Å²) >= 11 is 0. The Balaban J connectivity index is 1.87. The molecule has 1 unspecified atom stereocenters. The number of rotatable bonds is 2. The molecule has 0 bridgehead atoms. The Morgan fingerprint density at radius 1 is 1.29 bits per heavy atom. The molecule has 1 atom stereocenters. The molecule has 24 heavy (non-hydrogen) atoms. The van der Waals surface area contributed by atoms with Crippen molar-refractivity contribution in [3.8, 4) is 11.8 Å². The molecule has 0 fully saturated rings. The minimum Gasteiger partial charge on any atom is -0.466 e. The lowest BCUT2D eigenvalue weighted by Crippen LogP contribution is -2.56. The molecule has 6 heteroatoms.